The third kappa shape index (κ3) is 2.93. The number of carbonyl (C=O) groups is 1. The number of nitrogens with one attached hydrogen (secondary N) is 1. The van der Waals surface area contributed by atoms with Crippen LogP contribution in [0.2, 0.25) is 0 Å². The largest absolute Gasteiger partial charge is 0.353 e. The van der Waals surface area contributed by atoms with Gasteiger partial charge in [-0.3, -0.25) is 4.79 Å². The summed E-state index contributed by atoms with van der Waals surface area (Å²) in [5, 5.41) is 2.85. The summed E-state index contributed by atoms with van der Waals surface area (Å²) in [7, 11) is 0. The van der Waals surface area contributed by atoms with Crippen LogP contribution in [0, 0.1) is 6.92 Å². The number of hydrogen-bond acceptors (Lipinski definition) is 3. The lowest BCUT2D eigenvalue weighted by Gasteiger charge is -2.11. The number of rotatable bonds is 5. The Kier molecular flexibility index (Phi) is 4.16. The highest BCUT2D eigenvalue weighted by atomic mass is 16.2. The Morgan fingerprint density at radius 2 is 2.21 bits per heavy atom. The Labute approximate surface area is 112 Å². The summed E-state index contributed by atoms with van der Waals surface area (Å²) >= 11 is 0. The number of benzene rings is 1. The minimum atomic E-state index is -0.416. The molecule has 0 radical (unpaired) electrons. The van der Waals surface area contributed by atoms with Crippen molar-refractivity contribution in [2.24, 2.45) is 5.73 Å². The number of fused-ring (bicyclic) bond motifs is 1. The molecule has 19 heavy (non-hydrogen) atoms. The predicted molar refractivity (Wildman–Crippen MR) is 75.7 cm³/mol. The zero-order chi connectivity index (χ0) is 13.8. The van der Waals surface area contributed by atoms with Crippen molar-refractivity contribution in [3.8, 4) is 0 Å². The van der Waals surface area contributed by atoms with Crippen molar-refractivity contribution >= 4 is 16.9 Å². The molecule has 3 N–H and O–H groups in total. The number of imidazole rings is 1. The van der Waals surface area contributed by atoms with Gasteiger partial charge in [-0.25, -0.2) is 4.98 Å². The van der Waals surface area contributed by atoms with Gasteiger partial charge in [0.2, 0.25) is 5.91 Å². The van der Waals surface area contributed by atoms with Crippen LogP contribution in [0.15, 0.2) is 24.3 Å². The van der Waals surface area contributed by atoms with Crippen molar-refractivity contribution in [2.45, 2.75) is 32.9 Å². The summed E-state index contributed by atoms with van der Waals surface area (Å²) in [6, 6.07) is 7.58. The van der Waals surface area contributed by atoms with E-state index in [1.807, 2.05) is 38.1 Å². The number of nitrogens with two attached hydrogens (primary N) is 1. The first-order chi connectivity index (χ1) is 9.13. The molecule has 5 nitrogen and oxygen atoms in total. The van der Waals surface area contributed by atoms with Crippen molar-refractivity contribution in [3.05, 3.63) is 30.1 Å². The van der Waals surface area contributed by atoms with Gasteiger partial charge < -0.3 is 15.6 Å². The smallest absolute Gasteiger partial charge is 0.236 e. The molecule has 2 aromatic rings. The Morgan fingerprint density at radius 1 is 1.47 bits per heavy atom. The van der Waals surface area contributed by atoms with Crippen LogP contribution < -0.4 is 11.1 Å². The van der Waals surface area contributed by atoms with E-state index in [4.69, 9.17) is 5.73 Å². The minimum Gasteiger partial charge on any atom is -0.353 e. The average molecular weight is 260 g/mol. The molecule has 0 fully saturated rings. The maximum atomic E-state index is 11.6. The Morgan fingerprint density at radius 3 is 2.95 bits per heavy atom. The summed E-state index contributed by atoms with van der Waals surface area (Å²) in [4.78, 5) is 16.1. The number of carbonyl (C=O) groups excluding carboxylic acids is 1. The molecule has 1 unspecified atom stereocenters. The molecular weight excluding hydrogens is 240 g/mol. The molecule has 2 rings (SSSR count). The van der Waals surface area contributed by atoms with Gasteiger partial charge in [0.25, 0.3) is 0 Å². The normalized spacial score (nSPS) is 12.6. The molecule has 0 aliphatic carbocycles. The summed E-state index contributed by atoms with van der Waals surface area (Å²) in [5.74, 6) is 0.861. The van der Waals surface area contributed by atoms with Crippen molar-refractivity contribution in [3.63, 3.8) is 0 Å². The van der Waals surface area contributed by atoms with Gasteiger partial charge in [-0.15, -0.1) is 0 Å². The summed E-state index contributed by atoms with van der Waals surface area (Å²) in [5.41, 5.74) is 7.74. The molecule has 1 amide bonds. The molecule has 1 heterocycles. The first kappa shape index (κ1) is 13.5. The maximum absolute atomic E-state index is 11.6. The van der Waals surface area contributed by atoms with Gasteiger partial charge >= 0.3 is 0 Å². The van der Waals surface area contributed by atoms with Crippen LogP contribution in [0.4, 0.5) is 0 Å². The van der Waals surface area contributed by atoms with E-state index in [9.17, 15) is 4.79 Å². The predicted octanol–water partition coefficient (Wildman–Crippen LogP) is 1.20. The van der Waals surface area contributed by atoms with Crippen molar-refractivity contribution in [2.75, 3.05) is 6.54 Å². The van der Waals surface area contributed by atoms with E-state index in [1.165, 1.54) is 0 Å². The number of aryl methyl sites for hydroxylation is 1. The highest BCUT2D eigenvalue weighted by Crippen LogP contribution is 2.14. The van der Waals surface area contributed by atoms with E-state index in [-0.39, 0.29) is 5.91 Å². The van der Waals surface area contributed by atoms with Gasteiger partial charge in [0.1, 0.15) is 5.82 Å². The molecule has 0 bridgehead atoms. The summed E-state index contributed by atoms with van der Waals surface area (Å²) in [6.45, 7) is 5.14. The molecule has 0 saturated heterocycles. The van der Waals surface area contributed by atoms with E-state index < -0.39 is 6.04 Å². The SMILES string of the molecule is CCC(N)C(=O)NCCn1c(C)nc2ccccc21. The molecule has 1 aromatic carbocycles. The van der Waals surface area contributed by atoms with E-state index in [0.29, 0.717) is 19.5 Å². The van der Waals surface area contributed by atoms with E-state index in [2.05, 4.69) is 14.9 Å². The minimum absolute atomic E-state index is 0.0930. The lowest BCUT2D eigenvalue weighted by atomic mass is 10.2. The summed E-state index contributed by atoms with van der Waals surface area (Å²) in [6.07, 6.45) is 0.652. The van der Waals surface area contributed by atoms with Gasteiger partial charge in [-0.2, -0.15) is 0 Å². The molecule has 0 aliphatic heterocycles. The van der Waals surface area contributed by atoms with Crippen LogP contribution in [-0.2, 0) is 11.3 Å². The zero-order valence-electron chi connectivity index (χ0n) is 11.4. The van der Waals surface area contributed by atoms with E-state index in [1.54, 1.807) is 0 Å². The fourth-order valence-corrected chi connectivity index (χ4v) is 2.09. The quantitative estimate of drug-likeness (QED) is 0.848. The Bertz CT molecular complexity index is 576. The first-order valence-corrected chi connectivity index (χ1v) is 6.58. The van der Waals surface area contributed by atoms with Crippen LogP contribution in [0.3, 0.4) is 0 Å². The first-order valence-electron chi connectivity index (χ1n) is 6.58. The fraction of sp³-hybridized carbons (Fsp3) is 0.429. The summed E-state index contributed by atoms with van der Waals surface area (Å²) < 4.78 is 2.10. The average Bonchev–Trinajstić information content (AvgIpc) is 2.74. The standard InChI is InChI=1S/C14H20N4O/c1-3-11(15)14(19)16-8-9-18-10(2)17-12-6-4-5-7-13(12)18/h4-7,11H,3,8-9,15H2,1-2H3,(H,16,19). The third-order valence-corrected chi connectivity index (χ3v) is 3.26. The molecule has 5 heteroatoms. The number of aromatic nitrogens is 2. The van der Waals surface area contributed by atoms with Crippen LogP contribution in [-0.4, -0.2) is 28.0 Å². The Hall–Kier alpha value is -1.88. The van der Waals surface area contributed by atoms with Gasteiger partial charge in [0.05, 0.1) is 17.1 Å². The molecule has 1 atom stereocenters. The van der Waals surface area contributed by atoms with Gasteiger partial charge in [0, 0.05) is 13.1 Å². The van der Waals surface area contributed by atoms with Gasteiger partial charge in [0.15, 0.2) is 0 Å². The monoisotopic (exact) mass is 260 g/mol. The molecule has 102 valence electrons. The third-order valence-electron chi connectivity index (χ3n) is 3.26. The van der Waals surface area contributed by atoms with Crippen LogP contribution in [0.5, 0.6) is 0 Å². The van der Waals surface area contributed by atoms with E-state index in [0.717, 1.165) is 16.9 Å². The topological polar surface area (TPSA) is 72.9 Å². The van der Waals surface area contributed by atoms with Crippen LogP contribution in [0.1, 0.15) is 19.2 Å². The lowest BCUT2D eigenvalue weighted by molar-refractivity contribution is -0.122. The Balaban J connectivity index is 2.02. The van der Waals surface area contributed by atoms with Crippen LogP contribution >= 0.6 is 0 Å². The van der Waals surface area contributed by atoms with E-state index >= 15 is 0 Å². The van der Waals surface area contributed by atoms with Gasteiger partial charge in [-0.1, -0.05) is 19.1 Å². The highest BCUT2D eigenvalue weighted by Gasteiger charge is 2.11. The number of nitrogens with zero attached hydrogens (tertiary/aromatic N) is 2. The van der Waals surface area contributed by atoms with Crippen molar-refractivity contribution in [1.82, 2.24) is 14.9 Å². The second-order valence-corrected chi connectivity index (χ2v) is 4.61. The number of amides is 1. The highest BCUT2D eigenvalue weighted by molar-refractivity contribution is 5.81. The second kappa shape index (κ2) is 5.84. The zero-order valence-corrected chi connectivity index (χ0v) is 11.4. The van der Waals surface area contributed by atoms with Crippen molar-refractivity contribution in [1.29, 1.82) is 0 Å². The van der Waals surface area contributed by atoms with Gasteiger partial charge in [-0.05, 0) is 25.5 Å². The molecular formula is C14H20N4O. The molecule has 1 aromatic heterocycles. The molecule has 0 aliphatic rings. The maximum Gasteiger partial charge on any atom is 0.236 e. The number of hydrogen-bond donors (Lipinski definition) is 2. The lowest BCUT2D eigenvalue weighted by Crippen LogP contribution is -2.41. The van der Waals surface area contributed by atoms with Crippen molar-refractivity contribution < 1.29 is 4.79 Å². The number of para-hydroxylation sites is 2. The molecule has 0 saturated carbocycles. The fourth-order valence-electron chi connectivity index (χ4n) is 2.09. The van der Waals surface area contributed by atoms with Crippen LogP contribution in [0.25, 0.3) is 11.0 Å². The molecule has 0 spiro atoms. The second-order valence-electron chi connectivity index (χ2n) is 4.61.